The molecule has 1 atom stereocenters. The van der Waals surface area contributed by atoms with Crippen LogP contribution in [-0.4, -0.2) is 35.1 Å². The van der Waals surface area contributed by atoms with Crippen LogP contribution in [0.3, 0.4) is 0 Å². The summed E-state index contributed by atoms with van der Waals surface area (Å²) < 4.78 is 39.2. The summed E-state index contributed by atoms with van der Waals surface area (Å²) in [5, 5.41) is 2.90. The van der Waals surface area contributed by atoms with E-state index in [1.54, 1.807) is 68.8 Å². The number of benzene rings is 3. The van der Waals surface area contributed by atoms with Gasteiger partial charge in [-0.15, -0.1) is 0 Å². The zero-order chi connectivity index (χ0) is 26.5. The minimum Gasteiger partial charge on any atom is -0.497 e. The lowest BCUT2D eigenvalue weighted by Crippen LogP contribution is -2.41. The van der Waals surface area contributed by atoms with E-state index in [2.05, 4.69) is 19.2 Å². The first-order valence-corrected chi connectivity index (χ1v) is 13.2. The SMILES string of the molecule is COc1ccc(OC)c([C@@H](C)NC(=O)CN(c2ccc(C(C)C)cc2)S(=O)(=O)c2ccc(C)cc2)c1. The number of nitrogens with one attached hydrogen (secondary N) is 1. The molecule has 0 unspecified atom stereocenters. The van der Waals surface area contributed by atoms with Gasteiger partial charge >= 0.3 is 0 Å². The van der Waals surface area contributed by atoms with Crippen molar-refractivity contribution in [1.82, 2.24) is 5.32 Å². The Balaban J connectivity index is 1.92. The molecule has 0 aliphatic rings. The molecule has 36 heavy (non-hydrogen) atoms. The third kappa shape index (κ3) is 6.18. The Morgan fingerprint density at radius 1 is 0.917 bits per heavy atom. The predicted octanol–water partition coefficient (Wildman–Crippen LogP) is 5.21. The summed E-state index contributed by atoms with van der Waals surface area (Å²) in [5.41, 5.74) is 3.16. The van der Waals surface area contributed by atoms with Crippen LogP contribution in [0.1, 0.15) is 49.4 Å². The van der Waals surface area contributed by atoms with Gasteiger partial charge in [-0.1, -0.05) is 43.7 Å². The number of aryl methyl sites for hydroxylation is 1. The lowest BCUT2D eigenvalue weighted by atomic mass is 10.0. The second-order valence-corrected chi connectivity index (χ2v) is 10.8. The Morgan fingerprint density at radius 2 is 1.56 bits per heavy atom. The van der Waals surface area contributed by atoms with Crippen LogP contribution in [0.4, 0.5) is 5.69 Å². The molecular weight excluding hydrogens is 476 g/mol. The van der Waals surface area contributed by atoms with E-state index in [1.165, 1.54) is 0 Å². The van der Waals surface area contributed by atoms with E-state index in [1.807, 2.05) is 26.0 Å². The molecule has 0 saturated heterocycles. The van der Waals surface area contributed by atoms with Crippen LogP contribution in [0.25, 0.3) is 0 Å². The average molecular weight is 511 g/mol. The molecular formula is C28H34N2O5S. The molecule has 0 fully saturated rings. The first-order valence-electron chi connectivity index (χ1n) is 11.8. The van der Waals surface area contributed by atoms with Crippen LogP contribution < -0.4 is 19.1 Å². The Hall–Kier alpha value is -3.52. The zero-order valence-corrected chi connectivity index (χ0v) is 22.4. The van der Waals surface area contributed by atoms with Gasteiger partial charge in [0.15, 0.2) is 0 Å². The van der Waals surface area contributed by atoms with Crippen LogP contribution >= 0.6 is 0 Å². The molecule has 3 aromatic carbocycles. The Kier molecular flexibility index (Phi) is 8.63. The highest BCUT2D eigenvalue weighted by Crippen LogP contribution is 2.30. The quantitative estimate of drug-likeness (QED) is 0.405. The summed E-state index contributed by atoms with van der Waals surface area (Å²) in [6.07, 6.45) is 0. The molecule has 192 valence electrons. The minimum absolute atomic E-state index is 0.122. The van der Waals surface area contributed by atoms with Gasteiger partial charge in [0.25, 0.3) is 10.0 Å². The molecule has 0 bridgehead atoms. The maximum atomic E-state index is 13.6. The van der Waals surface area contributed by atoms with E-state index >= 15 is 0 Å². The molecule has 7 nitrogen and oxygen atoms in total. The fourth-order valence-electron chi connectivity index (χ4n) is 3.85. The maximum absolute atomic E-state index is 13.6. The van der Waals surface area contributed by atoms with E-state index in [9.17, 15) is 13.2 Å². The zero-order valence-electron chi connectivity index (χ0n) is 21.6. The molecule has 0 aliphatic carbocycles. The van der Waals surface area contributed by atoms with Gasteiger partial charge in [-0.2, -0.15) is 0 Å². The Morgan fingerprint density at radius 3 is 2.11 bits per heavy atom. The smallest absolute Gasteiger partial charge is 0.264 e. The van der Waals surface area contributed by atoms with Crippen LogP contribution in [0.5, 0.6) is 11.5 Å². The molecule has 0 saturated carbocycles. The molecule has 0 aliphatic heterocycles. The molecule has 3 aromatic rings. The van der Waals surface area contributed by atoms with Gasteiger partial charge in [-0.25, -0.2) is 8.42 Å². The monoisotopic (exact) mass is 510 g/mol. The van der Waals surface area contributed by atoms with E-state index in [0.29, 0.717) is 23.1 Å². The molecule has 1 N–H and O–H groups in total. The number of methoxy groups -OCH3 is 2. The number of carbonyl (C=O) groups excluding carboxylic acids is 1. The van der Waals surface area contributed by atoms with Crippen LogP contribution in [0.2, 0.25) is 0 Å². The Bertz CT molecular complexity index is 1290. The summed E-state index contributed by atoms with van der Waals surface area (Å²) in [4.78, 5) is 13.3. The number of ether oxygens (including phenoxy) is 2. The van der Waals surface area contributed by atoms with E-state index in [4.69, 9.17) is 9.47 Å². The third-order valence-electron chi connectivity index (χ3n) is 6.02. The van der Waals surface area contributed by atoms with Crippen molar-refractivity contribution >= 4 is 21.6 Å². The summed E-state index contributed by atoms with van der Waals surface area (Å²) >= 11 is 0. The summed E-state index contributed by atoms with van der Waals surface area (Å²) in [6, 6.07) is 18.7. The highest BCUT2D eigenvalue weighted by molar-refractivity contribution is 7.92. The number of hydrogen-bond acceptors (Lipinski definition) is 5. The fourth-order valence-corrected chi connectivity index (χ4v) is 5.27. The second-order valence-electron chi connectivity index (χ2n) is 8.97. The standard InChI is InChI=1S/C28H34N2O5S/c1-19(2)22-9-11-23(12-10-22)30(36(32,33)25-14-7-20(3)8-15-25)18-28(31)29-21(4)26-17-24(34-5)13-16-27(26)35-6/h7-17,19,21H,18H2,1-6H3,(H,29,31)/t21-/m1/s1. The molecule has 0 radical (unpaired) electrons. The third-order valence-corrected chi connectivity index (χ3v) is 7.81. The molecule has 0 heterocycles. The van der Waals surface area contributed by atoms with Gasteiger partial charge in [0.1, 0.15) is 18.0 Å². The second kappa shape index (κ2) is 11.5. The topological polar surface area (TPSA) is 84.9 Å². The number of rotatable bonds is 10. The van der Waals surface area contributed by atoms with Crippen molar-refractivity contribution in [3.63, 3.8) is 0 Å². The molecule has 1 amide bonds. The number of sulfonamides is 1. The minimum atomic E-state index is -4.00. The van der Waals surface area contributed by atoms with Gasteiger partial charge in [0, 0.05) is 5.56 Å². The van der Waals surface area contributed by atoms with Crippen LogP contribution in [-0.2, 0) is 14.8 Å². The van der Waals surface area contributed by atoms with Gasteiger partial charge < -0.3 is 14.8 Å². The van der Waals surface area contributed by atoms with E-state index < -0.39 is 22.0 Å². The van der Waals surface area contributed by atoms with Gasteiger partial charge in [0.05, 0.1) is 30.8 Å². The first kappa shape index (κ1) is 27.1. The van der Waals surface area contributed by atoms with Crippen LogP contribution in [0, 0.1) is 6.92 Å². The van der Waals surface area contributed by atoms with Crippen molar-refractivity contribution < 1.29 is 22.7 Å². The Labute approximate surface area is 214 Å². The van der Waals surface area contributed by atoms with Gasteiger partial charge in [-0.05, 0) is 67.8 Å². The molecule has 3 rings (SSSR count). The molecule has 8 heteroatoms. The largest absolute Gasteiger partial charge is 0.497 e. The molecule has 0 spiro atoms. The lowest BCUT2D eigenvalue weighted by molar-refractivity contribution is -0.120. The fraction of sp³-hybridized carbons (Fsp3) is 0.321. The predicted molar refractivity (Wildman–Crippen MR) is 142 cm³/mol. The van der Waals surface area contributed by atoms with E-state index in [-0.39, 0.29) is 11.4 Å². The van der Waals surface area contributed by atoms with Gasteiger partial charge in [-0.3, -0.25) is 9.10 Å². The first-order chi connectivity index (χ1) is 17.1. The number of anilines is 1. The average Bonchev–Trinajstić information content (AvgIpc) is 2.87. The highest BCUT2D eigenvalue weighted by Gasteiger charge is 2.28. The normalized spacial score (nSPS) is 12.2. The van der Waals surface area contributed by atoms with Crippen molar-refractivity contribution in [3.05, 3.63) is 83.4 Å². The van der Waals surface area contributed by atoms with Crippen molar-refractivity contribution in [2.75, 3.05) is 25.1 Å². The number of amides is 1. The molecule has 0 aromatic heterocycles. The van der Waals surface area contributed by atoms with Crippen molar-refractivity contribution in [2.24, 2.45) is 0 Å². The number of carbonyl (C=O) groups is 1. The van der Waals surface area contributed by atoms with Crippen molar-refractivity contribution in [2.45, 2.75) is 44.6 Å². The van der Waals surface area contributed by atoms with Crippen LogP contribution in [0.15, 0.2) is 71.6 Å². The summed E-state index contributed by atoms with van der Waals surface area (Å²) in [6.45, 7) is 7.45. The lowest BCUT2D eigenvalue weighted by Gasteiger charge is -2.26. The summed E-state index contributed by atoms with van der Waals surface area (Å²) in [5.74, 6) is 1.07. The van der Waals surface area contributed by atoms with Gasteiger partial charge in [0.2, 0.25) is 5.91 Å². The van der Waals surface area contributed by atoms with Crippen molar-refractivity contribution in [1.29, 1.82) is 0 Å². The summed E-state index contributed by atoms with van der Waals surface area (Å²) in [7, 11) is -0.880. The maximum Gasteiger partial charge on any atom is 0.264 e. The van der Waals surface area contributed by atoms with Crippen molar-refractivity contribution in [3.8, 4) is 11.5 Å². The number of hydrogen-bond donors (Lipinski definition) is 1. The number of nitrogens with zero attached hydrogens (tertiary/aromatic N) is 1. The van der Waals surface area contributed by atoms with E-state index in [0.717, 1.165) is 21.0 Å². The highest BCUT2D eigenvalue weighted by atomic mass is 32.2.